The van der Waals surface area contributed by atoms with Gasteiger partial charge in [-0.25, -0.2) is 0 Å². The molecule has 12 heavy (non-hydrogen) atoms. The first kappa shape index (κ1) is 9.75. The Balaban J connectivity index is 1.98. The monoisotopic (exact) mass is 170 g/mol. The van der Waals surface area contributed by atoms with E-state index in [9.17, 15) is 0 Å². The quantitative estimate of drug-likeness (QED) is 0.476. The van der Waals surface area contributed by atoms with E-state index < -0.39 is 0 Å². The van der Waals surface area contributed by atoms with Crippen LogP contribution in [0.4, 0.5) is 0 Å². The highest BCUT2D eigenvalue weighted by Gasteiger charge is 2.14. The van der Waals surface area contributed by atoms with Crippen LogP contribution in [0.25, 0.3) is 0 Å². The Kier molecular flexibility index (Phi) is 4.33. The SMILES string of the molecule is CC(C)=CCCCC1OCCO1. The van der Waals surface area contributed by atoms with Crippen molar-refractivity contribution in [3.63, 3.8) is 0 Å². The van der Waals surface area contributed by atoms with Gasteiger partial charge in [0.05, 0.1) is 13.2 Å². The second-order valence-electron chi connectivity index (χ2n) is 3.38. The van der Waals surface area contributed by atoms with Crippen LogP contribution in [0.5, 0.6) is 0 Å². The maximum atomic E-state index is 5.32. The lowest BCUT2D eigenvalue weighted by molar-refractivity contribution is -0.0474. The summed E-state index contributed by atoms with van der Waals surface area (Å²) in [4.78, 5) is 0. The molecule has 0 aromatic carbocycles. The van der Waals surface area contributed by atoms with Crippen molar-refractivity contribution in [3.8, 4) is 0 Å². The fourth-order valence-electron chi connectivity index (χ4n) is 1.25. The molecule has 0 unspecified atom stereocenters. The molecule has 0 spiro atoms. The van der Waals surface area contributed by atoms with Crippen molar-refractivity contribution in [2.45, 2.75) is 39.4 Å². The number of ether oxygens (including phenoxy) is 2. The zero-order valence-corrected chi connectivity index (χ0v) is 8.01. The Labute approximate surface area is 74.6 Å². The van der Waals surface area contributed by atoms with Crippen molar-refractivity contribution < 1.29 is 9.47 Å². The smallest absolute Gasteiger partial charge is 0.157 e. The van der Waals surface area contributed by atoms with Gasteiger partial charge < -0.3 is 9.47 Å². The maximum Gasteiger partial charge on any atom is 0.157 e. The Morgan fingerprint density at radius 3 is 2.58 bits per heavy atom. The lowest BCUT2D eigenvalue weighted by atomic mass is 10.2. The standard InChI is InChI=1S/C10H18O2/c1-9(2)5-3-4-6-10-11-7-8-12-10/h5,10H,3-4,6-8H2,1-2H3. The van der Waals surface area contributed by atoms with Gasteiger partial charge in [0.15, 0.2) is 6.29 Å². The van der Waals surface area contributed by atoms with Gasteiger partial charge in [-0.2, -0.15) is 0 Å². The molecule has 0 saturated carbocycles. The first-order chi connectivity index (χ1) is 5.79. The lowest BCUT2D eigenvalue weighted by Crippen LogP contribution is -2.06. The summed E-state index contributed by atoms with van der Waals surface area (Å²) in [5.41, 5.74) is 1.39. The van der Waals surface area contributed by atoms with Crippen LogP contribution < -0.4 is 0 Å². The minimum atomic E-state index is 0.0792. The van der Waals surface area contributed by atoms with Crippen molar-refractivity contribution in [2.24, 2.45) is 0 Å². The molecule has 2 heteroatoms. The Bertz CT molecular complexity index is 142. The molecule has 1 fully saturated rings. The van der Waals surface area contributed by atoms with E-state index in [1.54, 1.807) is 0 Å². The Hall–Kier alpha value is -0.340. The topological polar surface area (TPSA) is 18.5 Å². The van der Waals surface area contributed by atoms with E-state index in [-0.39, 0.29) is 6.29 Å². The van der Waals surface area contributed by atoms with E-state index in [1.807, 2.05) is 0 Å². The summed E-state index contributed by atoms with van der Waals surface area (Å²) in [7, 11) is 0. The Morgan fingerprint density at radius 1 is 1.33 bits per heavy atom. The van der Waals surface area contributed by atoms with Gasteiger partial charge in [0.25, 0.3) is 0 Å². The highest BCUT2D eigenvalue weighted by Crippen LogP contribution is 2.12. The second-order valence-corrected chi connectivity index (χ2v) is 3.38. The zero-order chi connectivity index (χ0) is 8.81. The lowest BCUT2D eigenvalue weighted by Gasteiger charge is -2.06. The molecule has 1 saturated heterocycles. The summed E-state index contributed by atoms with van der Waals surface area (Å²) < 4.78 is 10.6. The van der Waals surface area contributed by atoms with E-state index in [0.29, 0.717) is 0 Å². The van der Waals surface area contributed by atoms with Gasteiger partial charge in [0.2, 0.25) is 0 Å². The van der Waals surface area contributed by atoms with Crippen molar-refractivity contribution in [3.05, 3.63) is 11.6 Å². The van der Waals surface area contributed by atoms with Gasteiger partial charge in [-0.05, 0) is 33.1 Å². The molecule has 2 nitrogen and oxygen atoms in total. The summed E-state index contributed by atoms with van der Waals surface area (Å²) in [5, 5.41) is 0. The second kappa shape index (κ2) is 5.33. The highest BCUT2D eigenvalue weighted by molar-refractivity contribution is 4.92. The first-order valence-corrected chi connectivity index (χ1v) is 4.65. The third-order valence-corrected chi connectivity index (χ3v) is 1.89. The van der Waals surface area contributed by atoms with Gasteiger partial charge >= 0.3 is 0 Å². The molecule has 0 aromatic rings. The molecule has 0 aromatic heterocycles. The third-order valence-electron chi connectivity index (χ3n) is 1.89. The molecule has 1 heterocycles. The van der Waals surface area contributed by atoms with Crippen molar-refractivity contribution in [1.29, 1.82) is 0 Å². The first-order valence-electron chi connectivity index (χ1n) is 4.65. The van der Waals surface area contributed by atoms with E-state index in [2.05, 4.69) is 19.9 Å². The van der Waals surface area contributed by atoms with E-state index >= 15 is 0 Å². The van der Waals surface area contributed by atoms with Crippen LogP contribution in [0.15, 0.2) is 11.6 Å². The fourth-order valence-corrected chi connectivity index (χ4v) is 1.25. The summed E-state index contributed by atoms with van der Waals surface area (Å²) in [6, 6.07) is 0. The van der Waals surface area contributed by atoms with E-state index in [0.717, 1.165) is 32.5 Å². The van der Waals surface area contributed by atoms with Gasteiger partial charge in [0, 0.05) is 0 Å². The predicted molar refractivity (Wildman–Crippen MR) is 49.0 cm³/mol. The molecule has 1 aliphatic heterocycles. The summed E-state index contributed by atoms with van der Waals surface area (Å²) in [5.74, 6) is 0. The van der Waals surface area contributed by atoms with Crippen LogP contribution >= 0.6 is 0 Å². The molecular formula is C10H18O2. The Morgan fingerprint density at radius 2 is 2.00 bits per heavy atom. The molecule has 1 rings (SSSR count). The van der Waals surface area contributed by atoms with E-state index in [4.69, 9.17) is 9.47 Å². The predicted octanol–water partition coefficient (Wildman–Crippen LogP) is 2.50. The van der Waals surface area contributed by atoms with Crippen molar-refractivity contribution in [1.82, 2.24) is 0 Å². The van der Waals surface area contributed by atoms with E-state index in [1.165, 1.54) is 5.57 Å². The summed E-state index contributed by atoms with van der Waals surface area (Å²) in [6.07, 6.45) is 5.68. The molecule has 0 atom stereocenters. The summed E-state index contributed by atoms with van der Waals surface area (Å²) in [6.45, 7) is 5.80. The van der Waals surface area contributed by atoms with Crippen molar-refractivity contribution in [2.75, 3.05) is 13.2 Å². The minimum Gasteiger partial charge on any atom is -0.350 e. The number of rotatable bonds is 4. The van der Waals surface area contributed by atoms with Crippen LogP contribution in [0.3, 0.4) is 0 Å². The van der Waals surface area contributed by atoms with Crippen molar-refractivity contribution >= 4 is 0 Å². The van der Waals surface area contributed by atoms with Gasteiger partial charge in [-0.3, -0.25) is 0 Å². The molecule has 0 radical (unpaired) electrons. The molecule has 0 aliphatic carbocycles. The molecule has 1 aliphatic rings. The normalized spacial score (nSPS) is 18.2. The maximum absolute atomic E-state index is 5.32. The summed E-state index contributed by atoms with van der Waals surface area (Å²) >= 11 is 0. The number of hydrogen-bond acceptors (Lipinski definition) is 2. The number of allylic oxidation sites excluding steroid dienone is 2. The van der Waals surface area contributed by atoms with Crippen LogP contribution in [0.2, 0.25) is 0 Å². The number of hydrogen-bond donors (Lipinski definition) is 0. The molecule has 0 N–H and O–H groups in total. The molecular weight excluding hydrogens is 152 g/mol. The molecule has 70 valence electrons. The van der Waals surface area contributed by atoms with Gasteiger partial charge in [-0.15, -0.1) is 0 Å². The molecule has 0 amide bonds. The van der Waals surface area contributed by atoms with Crippen LogP contribution in [0.1, 0.15) is 33.1 Å². The minimum absolute atomic E-state index is 0.0792. The zero-order valence-electron chi connectivity index (χ0n) is 8.01. The van der Waals surface area contributed by atoms with Gasteiger partial charge in [-0.1, -0.05) is 11.6 Å². The third kappa shape index (κ3) is 3.88. The molecule has 0 bridgehead atoms. The average molecular weight is 170 g/mol. The largest absolute Gasteiger partial charge is 0.350 e. The van der Waals surface area contributed by atoms with Gasteiger partial charge in [0.1, 0.15) is 0 Å². The van der Waals surface area contributed by atoms with Crippen LogP contribution in [0, 0.1) is 0 Å². The number of unbranched alkanes of at least 4 members (excludes halogenated alkanes) is 1. The highest BCUT2D eigenvalue weighted by atomic mass is 16.7. The van der Waals surface area contributed by atoms with Crippen LogP contribution in [-0.4, -0.2) is 19.5 Å². The average Bonchev–Trinajstić information content (AvgIpc) is 2.49. The fraction of sp³-hybridized carbons (Fsp3) is 0.800. The van der Waals surface area contributed by atoms with Crippen LogP contribution in [-0.2, 0) is 9.47 Å².